The van der Waals surface area contributed by atoms with Crippen LogP contribution in [0.15, 0.2) is 18.3 Å². The van der Waals surface area contributed by atoms with E-state index in [0.717, 1.165) is 5.46 Å². The molecule has 0 spiro atoms. The Hall–Kier alpha value is -1.07. The molecule has 1 aromatic rings. The van der Waals surface area contributed by atoms with Crippen molar-refractivity contribution < 1.29 is 9.31 Å². The fourth-order valence-electron chi connectivity index (χ4n) is 1.24. The molecule has 88 valence electrons. The molecule has 0 radical (unpaired) electrons. The molecule has 0 saturated carbocycles. The number of hydrogen-bond acceptors (Lipinski definition) is 4. The maximum atomic E-state index is 5.68. The van der Waals surface area contributed by atoms with Crippen LogP contribution in [0.2, 0.25) is 0 Å². The van der Waals surface area contributed by atoms with E-state index in [-0.39, 0.29) is 19.3 Å². The number of rotatable bonds is 5. The van der Waals surface area contributed by atoms with Gasteiger partial charge in [-0.3, -0.25) is 0 Å². The average molecular weight is 222 g/mol. The van der Waals surface area contributed by atoms with Crippen molar-refractivity contribution in [3.8, 4) is 0 Å². The van der Waals surface area contributed by atoms with Crippen molar-refractivity contribution in [3.05, 3.63) is 18.3 Å². The van der Waals surface area contributed by atoms with E-state index in [1.807, 2.05) is 33.8 Å². The predicted molar refractivity (Wildman–Crippen MR) is 66.5 cm³/mol. The third-order valence-corrected chi connectivity index (χ3v) is 1.87. The van der Waals surface area contributed by atoms with Crippen LogP contribution < -0.4 is 11.2 Å². The van der Waals surface area contributed by atoms with Crippen LogP contribution in [0.3, 0.4) is 0 Å². The SMILES string of the molecule is CC(C)OB(OC(C)C)c1ccc(N)nc1. The topological polar surface area (TPSA) is 57.4 Å². The monoisotopic (exact) mass is 222 g/mol. The van der Waals surface area contributed by atoms with Crippen LogP contribution in [0.4, 0.5) is 5.82 Å². The summed E-state index contributed by atoms with van der Waals surface area (Å²) in [5.41, 5.74) is 6.42. The van der Waals surface area contributed by atoms with Gasteiger partial charge in [-0.15, -0.1) is 0 Å². The Morgan fingerprint density at radius 1 is 1.12 bits per heavy atom. The zero-order chi connectivity index (χ0) is 12.1. The molecule has 0 bridgehead atoms. The number of aromatic nitrogens is 1. The maximum Gasteiger partial charge on any atom is 0.495 e. The Kier molecular flexibility index (Phi) is 4.77. The van der Waals surface area contributed by atoms with Crippen LogP contribution in [-0.4, -0.2) is 24.3 Å². The lowest BCUT2D eigenvalue weighted by Crippen LogP contribution is -2.41. The van der Waals surface area contributed by atoms with Gasteiger partial charge in [0, 0.05) is 23.9 Å². The smallest absolute Gasteiger partial charge is 0.405 e. The standard InChI is InChI=1S/C11H19BN2O2/c1-8(2)15-12(16-9(3)4)10-5-6-11(13)14-7-10/h5-9H,1-4H3,(H2,13,14). The summed E-state index contributed by atoms with van der Waals surface area (Å²) in [6.07, 6.45) is 1.88. The Morgan fingerprint density at radius 3 is 2.06 bits per heavy atom. The summed E-state index contributed by atoms with van der Waals surface area (Å²) >= 11 is 0. The molecule has 1 rings (SSSR count). The highest BCUT2D eigenvalue weighted by molar-refractivity contribution is 6.61. The molecular weight excluding hydrogens is 203 g/mol. The van der Waals surface area contributed by atoms with Gasteiger partial charge >= 0.3 is 7.12 Å². The lowest BCUT2D eigenvalue weighted by Gasteiger charge is -2.19. The van der Waals surface area contributed by atoms with Crippen LogP contribution in [0.1, 0.15) is 27.7 Å². The van der Waals surface area contributed by atoms with Crippen molar-refractivity contribution in [2.45, 2.75) is 39.9 Å². The fourth-order valence-corrected chi connectivity index (χ4v) is 1.24. The summed E-state index contributed by atoms with van der Waals surface area (Å²) in [7, 11) is -0.381. The zero-order valence-electron chi connectivity index (χ0n) is 10.3. The maximum absolute atomic E-state index is 5.68. The molecule has 16 heavy (non-hydrogen) atoms. The molecule has 4 nitrogen and oxygen atoms in total. The Balaban J connectivity index is 2.78. The van der Waals surface area contributed by atoms with E-state index in [0.29, 0.717) is 5.82 Å². The second-order valence-electron chi connectivity index (χ2n) is 4.22. The number of nitrogen functional groups attached to an aromatic ring is 1. The predicted octanol–water partition coefficient (Wildman–Crippen LogP) is 1.21. The summed E-state index contributed by atoms with van der Waals surface area (Å²) in [6, 6.07) is 3.62. The number of anilines is 1. The minimum atomic E-state index is -0.381. The minimum Gasteiger partial charge on any atom is -0.405 e. The first-order chi connectivity index (χ1) is 7.49. The third kappa shape index (κ3) is 4.20. The van der Waals surface area contributed by atoms with E-state index < -0.39 is 0 Å². The van der Waals surface area contributed by atoms with E-state index >= 15 is 0 Å². The largest absolute Gasteiger partial charge is 0.495 e. The van der Waals surface area contributed by atoms with Gasteiger partial charge in [0.2, 0.25) is 0 Å². The van der Waals surface area contributed by atoms with Gasteiger partial charge in [-0.25, -0.2) is 4.98 Å². The number of nitrogens with zero attached hydrogens (tertiary/aromatic N) is 1. The van der Waals surface area contributed by atoms with Crippen molar-refractivity contribution in [2.75, 3.05) is 5.73 Å². The molecule has 0 fully saturated rings. The molecule has 1 heterocycles. The summed E-state index contributed by atoms with van der Waals surface area (Å²) in [4.78, 5) is 4.03. The Labute approximate surface area is 97.3 Å². The first-order valence-electron chi connectivity index (χ1n) is 5.51. The van der Waals surface area contributed by atoms with Gasteiger partial charge in [0.15, 0.2) is 0 Å². The first-order valence-corrected chi connectivity index (χ1v) is 5.51. The molecule has 0 atom stereocenters. The van der Waals surface area contributed by atoms with Gasteiger partial charge in [0.1, 0.15) is 5.82 Å². The van der Waals surface area contributed by atoms with Crippen LogP contribution in [0, 0.1) is 0 Å². The zero-order valence-corrected chi connectivity index (χ0v) is 10.3. The van der Waals surface area contributed by atoms with E-state index in [1.165, 1.54) is 0 Å². The van der Waals surface area contributed by atoms with Gasteiger partial charge in [0.25, 0.3) is 0 Å². The van der Waals surface area contributed by atoms with Gasteiger partial charge < -0.3 is 15.0 Å². The van der Waals surface area contributed by atoms with Gasteiger partial charge in [0.05, 0.1) is 0 Å². The van der Waals surface area contributed by atoms with E-state index in [4.69, 9.17) is 15.0 Å². The van der Waals surface area contributed by atoms with Crippen LogP contribution in [0.5, 0.6) is 0 Å². The summed E-state index contributed by atoms with van der Waals surface area (Å²) in [5, 5.41) is 0. The summed E-state index contributed by atoms with van der Waals surface area (Å²) in [5.74, 6) is 0.497. The number of nitrogens with two attached hydrogens (primary N) is 1. The molecule has 0 aliphatic rings. The highest BCUT2D eigenvalue weighted by atomic mass is 16.6. The molecule has 0 aliphatic heterocycles. The van der Waals surface area contributed by atoms with Crippen LogP contribution >= 0.6 is 0 Å². The van der Waals surface area contributed by atoms with Crippen molar-refractivity contribution in [2.24, 2.45) is 0 Å². The molecule has 0 saturated heterocycles. The van der Waals surface area contributed by atoms with Gasteiger partial charge in [-0.2, -0.15) is 0 Å². The fraction of sp³-hybridized carbons (Fsp3) is 0.545. The first kappa shape index (κ1) is 13.0. The Morgan fingerprint density at radius 2 is 1.69 bits per heavy atom. The minimum absolute atomic E-state index is 0.0984. The van der Waals surface area contributed by atoms with Gasteiger partial charge in [-0.1, -0.05) is 6.07 Å². The summed E-state index contributed by atoms with van der Waals surface area (Å²) in [6.45, 7) is 7.89. The van der Waals surface area contributed by atoms with E-state index in [9.17, 15) is 0 Å². The molecule has 0 aliphatic carbocycles. The van der Waals surface area contributed by atoms with Crippen molar-refractivity contribution in [3.63, 3.8) is 0 Å². The lowest BCUT2D eigenvalue weighted by molar-refractivity contribution is 0.139. The third-order valence-electron chi connectivity index (χ3n) is 1.87. The summed E-state index contributed by atoms with van der Waals surface area (Å²) < 4.78 is 11.4. The lowest BCUT2D eigenvalue weighted by atomic mass is 9.79. The molecule has 0 unspecified atom stereocenters. The van der Waals surface area contributed by atoms with E-state index in [2.05, 4.69) is 4.98 Å². The normalized spacial score (nSPS) is 11.1. The molecule has 1 aromatic heterocycles. The van der Waals surface area contributed by atoms with Crippen molar-refractivity contribution in [1.29, 1.82) is 0 Å². The van der Waals surface area contributed by atoms with Gasteiger partial charge in [-0.05, 0) is 33.8 Å². The quantitative estimate of drug-likeness (QED) is 0.760. The average Bonchev–Trinajstić information content (AvgIpc) is 2.16. The molecule has 0 amide bonds. The van der Waals surface area contributed by atoms with Crippen LogP contribution in [-0.2, 0) is 9.31 Å². The highest BCUT2D eigenvalue weighted by Gasteiger charge is 2.24. The molecule has 5 heteroatoms. The molecule has 0 aromatic carbocycles. The number of hydrogen-bond donors (Lipinski definition) is 1. The Bertz CT molecular complexity index is 304. The second-order valence-corrected chi connectivity index (χ2v) is 4.22. The molecule has 2 N–H and O–H groups in total. The van der Waals surface area contributed by atoms with E-state index in [1.54, 1.807) is 12.3 Å². The highest BCUT2D eigenvalue weighted by Crippen LogP contribution is 2.02. The van der Waals surface area contributed by atoms with Crippen molar-refractivity contribution in [1.82, 2.24) is 4.98 Å². The molecular formula is C11H19BN2O2. The van der Waals surface area contributed by atoms with Crippen LogP contribution in [0.25, 0.3) is 0 Å². The second kappa shape index (κ2) is 5.87. The number of pyridine rings is 1. The van der Waals surface area contributed by atoms with Crippen molar-refractivity contribution >= 4 is 18.4 Å².